The van der Waals surface area contributed by atoms with Crippen LogP contribution in [0.1, 0.15) is 21.5 Å². The highest BCUT2D eigenvalue weighted by Gasteiger charge is 2.06. The Morgan fingerprint density at radius 2 is 2.05 bits per heavy atom. The third-order valence-corrected chi connectivity index (χ3v) is 3.12. The molecule has 0 aliphatic carbocycles. The van der Waals surface area contributed by atoms with E-state index in [4.69, 9.17) is 11.6 Å². The standard InChI is InChI=1S/C15H12ClFN2O/c1-10-6-7-11(8-13(10)16)15(20)19-18-9-12-4-2-3-5-14(12)17/h2-9H,1H3,(H,19,20)/b18-9+. The van der Waals surface area contributed by atoms with E-state index >= 15 is 0 Å². The maximum atomic E-state index is 13.3. The second kappa shape index (κ2) is 6.30. The van der Waals surface area contributed by atoms with Gasteiger partial charge in [-0.15, -0.1) is 0 Å². The molecule has 3 nitrogen and oxygen atoms in total. The second-order valence-corrected chi connectivity index (χ2v) is 4.59. The number of hydrogen-bond acceptors (Lipinski definition) is 2. The van der Waals surface area contributed by atoms with Gasteiger partial charge in [0.25, 0.3) is 5.91 Å². The van der Waals surface area contributed by atoms with E-state index < -0.39 is 11.7 Å². The number of amides is 1. The first-order valence-corrected chi connectivity index (χ1v) is 6.30. The van der Waals surface area contributed by atoms with Crippen LogP contribution in [0.5, 0.6) is 0 Å². The molecule has 0 radical (unpaired) electrons. The summed E-state index contributed by atoms with van der Waals surface area (Å²) >= 11 is 5.94. The summed E-state index contributed by atoms with van der Waals surface area (Å²) in [4.78, 5) is 11.8. The maximum absolute atomic E-state index is 13.3. The molecule has 2 rings (SSSR count). The van der Waals surface area contributed by atoms with Crippen molar-refractivity contribution in [3.63, 3.8) is 0 Å². The lowest BCUT2D eigenvalue weighted by Crippen LogP contribution is -2.17. The number of hydrazone groups is 1. The first-order valence-electron chi connectivity index (χ1n) is 5.92. The largest absolute Gasteiger partial charge is 0.271 e. The van der Waals surface area contributed by atoms with E-state index in [2.05, 4.69) is 10.5 Å². The molecule has 0 heterocycles. The molecular weight excluding hydrogens is 279 g/mol. The fourth-order valence-electron chi connectivity index (χ4n) is 1.54. The highest BCUT2D eigenvalue weighted by molar-refractivity contribution is 6.31. The van der Waals surface area contributed by atoms with Crippen LogP contribution in [0.3, 0.4) is 0 Å². The van der Waals surface area contributed by atoms with Crippen molar-refractivity contribution in [3.05, 3.63) is 70.0 Å². The fourth-order valence-corrected chi connectivity index (χ4v) is 1.72. The van der Waals surface area contributed by atoms with Crippen molar-refractivity contribution >= 4 is 23.7 Å². The van der Waals surface area contributed by atoms with Crippen molar-refractivity contribution < 1.29 is 9.18 Å². The average Bonchev–Trinajstić information content (AvgIpc) is 2.44. The Morgan fingerprint density at radius 3 is 2.75 bits per heavy atom. The molecule has 2 aromatic carbocycles. The number of aryl methyl sites for hydroxylation is 1. The minimum absolute atomic E-state index is 0.301. The molecule has 1 N–H and O–H groups in total. The van der Waals surface area contributed by atoms with Gasteiger partial charge in [0.05, 0.1) is 6.21 Å². The molecule has 0 aliphatic heterocycles. The summed E-state index contributed by atoms with van der Waals surface area (Å²) in [5.74, 6) is -0.802. The molecule has 1 amide bonds. The Bertz CT molecular complexity index is 671. The molecular formula is C15H12ClFN2O. The Kier molecular flexibility index (Phi) is 4.48. The first kappa shape index (κ1) is 14.2. The number of nitrogens with zero attached hydrogens (tertiary/aromatic N) is 1. The summed E-state index contributed by atoms with van der Waals surface area (Å²) in [7, 11) is 0. The molecule has 0 fully saturated rings. The summed E-state index contributed by atoms with van der Waals surface area (Å²) in [6.07, 6.45) is 1.25. The van der Waals surface area contributed by atoms with E-state index in [0.717, 1.165) is 5.56 Å². The normalized spacial score (nSPS) is 10.8. The molecule has 102 valence electrons. The van der Waals surface area contributed by atoms with Crippen LogP contribution >= 0.6 is 11.6 Å². The smallest absolute Gasteiger partial charge is 0.267 e. The van der Waals surface area contributed by atoms with Gasteiger partial charge in [-0.25, -0.2) is 9.82 Å². The second-order valence-electron chi connectivity index (χ2n) is 4.18. The van der Waals surface area contributed by atoms with Gasteiger partial charge in [-0.2, -0.15) is 5.10 Å². The van der Waals surface area contributed by atoms with E-state index in [0.29, 0.717) is 16.1 Å². The summed E-state index contributed by atoms with van der Waals surface area (Å²) in [5, 5.41) is 4.23. The van der Waals surface area contributed by atoms with Crippen molar-refractivity contribution in [1.82, 2.24) is 5.43 Å². The number of benzene rings is 2. The molecule has 0 aromatic heterocycles. The molecule has 0 atom stereocenters. The van der Waals surface area contributed by atoms with Crippen molar-refractivity contribution in [1.29, 1.82) is 0 Å². The number of hydrogen-bond donors (Lipinski definition) is 1. The lowest BCUT2D eigenvalue weighted by atomic mass is 10.1. The zero-order valence-electron chi connectivity index (χ0n) is 10.7. The SMILES string of the molecule is Cc1ccc(C(=O)N/N=C/c2ccccc2F)cc1Cl. The number of nitrogens with one attached hydrogen (secondary N) is 1. The predicted molar refractivity (Wildman–Crippen MR) is 77.6 cm³/mol. The Labute approximate surface area is 121 Å². The number of carbonyl (C=O) groups is 1. The van der Waals surface area contributed by atoms with Gasteiger partial charge in [-0.1, -0.05) is 35.9 Å². The highest BCUT2D eigenvalue weighted by atomic mass is 35.5. The van der Waals surface area contributed by atoms with Crippen LogP contribution in [0.4, 0.5) is 4.39 Å². The van der Waals surface area contributed by atoms with Crippen LogP contribution < -0.4 is 5.43 Å². The molecule has 20 heavy (non-hydrogen) atoms. The Morgan fingerprint density at radius 1 is 1.30 bits per heavy atom. The minimum Gasteiger partial charge on any atom is -0.267 e. The van der Waals surface area contributed by atoms with Crippen molar-refractivity contribution in [2.75, 3.05) is 0 Å². The first-order chi connectivity index (χ1) is 9.58. The van der Waals surface area contributed by atoms with E-state index in [9.17, 15) is 9.18 Å². The van der Waals surface area contributed by atoms with Crippen molar-refractivity contribution in [2.24, 2.45) is 5.10 Å². The van der Waals surface area contributed by atoms with Crippen LogP contribution in [-0.2, 0) is 0 Å². The monoisotopic (exact) mass is 290 g/mol. The van der Waals surface area contributed by atoms with Crippen LogP contribution in [-0.4, -0.2) is 12.1 Å². The Balaban J connectivity index is 2.05. The topological polar surface area (TPSA) is 41.5 Å². The molecule has 0 aliphatic rings. The van der Waals surface area contributed by atoms with Gasteiger partial charge in [0.15, 0.2) is 0 Å². The van der Waals surface area contributed by atoms with Gasteiger partial charge >= 0.3 is 0 Å². The maximum Gasteiger partial charge on any atom is 0.271 e. The van der Waals surface area contributed by atoms with Gasteiger partial charge in [0.2, 0.25) is 0 Å². The van der Waals surface area contributed by atoms with E-state index in [1.807, 2.05) is 6.92 Å². The predicted octanol–water partition coefficient (Wildman–Crippen LogP) is 3.55. The fraction of sp³-hybridized carbons (Fsp3) is 0.0667. The van der Waals surface area contributed by atoms with Crippen LogP contribution in [0, 0.1) is 12.7 Å². The molecule has 5 heteroatoms. The zero-order valence-corrected chi connectivity index (χ0v) is 11.5. The third kappa shape index (κ3) is 3.42. The summed E-state index contributed by atoms with van der Waals surface area (Å²) < 4.78 is 13.3. The molecule has 0 spiro atoms. The summed E-state index contributed by atoms with van der Waals surface area (Å²) in [6, 6.07) is 11.1. The van der Waals surface area contributed by atoms with Gasteiger partial charge < -0.3 is 0 Å². The summed E-state index contributed by atoms with van der Waals surface area (Å²) in [5.41, 5.74) is 3.91. The molecule has 0 saturated carbocycles. The van der Waals surface area contributed by atoms with Crippen molar-refractivity contribution in [2.45, 2.75) is 6.92 Å². The van der Waals surface area contributed by atoms with Crippen LogP contribution in [0.25, 0.3) is 0 Å². The quantitative estimate of drug-likeness (QED) is 0.681. The molecule has 0 bridgehead atoms. The third-order valence-electron chi connectivity index (χ3n) is 2.71. The van der Waals surface area contributed by atoms with Gasteiger partial charge in [-0.3, -0.25) is 4.79 Å². The lowest BCUT2D eigenvalue weighted by molar-refractivity contribution is 0.0955. The number of carbonyl (C=O) groups excluding carboxylic acids is 1. The molecule has 2 aromatic rings. The van der Waals surface area contributed by atoms with Crippen molar-refractivity contribution in [3.8, 4) is 0 Å². The van der Waals surface area contributed by atoms with E-state index in [1.54, 1.807) is 36.4 Å². The van der Waals surface area contributed by atoms with Crippen LogP contribution in [0.15, 0.2) is 47.6 Å². The average molecular weight is 291 g/mol. The number of halogens is 2. The minimum atomic E-state index is -0.403. The summed E-state index contributed by atoms with van der Waals surface area (Å²) in [6.45, 7) is 1.85. The highest BCUT2D eigenvalue weighted by Crippen LogP contribution is 2.16. The number of rotatable bonds is 3. The van der Waals surface area contributed by atoms with E-state index in [1.165, 1.54) is 12.3 Å². The van der Waals surface area contributed by atoms with Crippen LogP contribution in [0.2, 0.25) is 5.02 Å². The lowest BCUT2D eigenvalue weighted by Gasteiger charge is -2.02. The molecule has 0 unspecified atom stereocenters. The van der Waals surface area contributed by atoms with Gasteiger partial charge in [0.1, 0.15) is 5.82 Å². The van der Waals surface area contributed by atoms with Gasteiger partial charge in [-0.05, 0) is 30.7 Å². The zero-order chi connectivity index (χ0) is 14.5. The Hall–Kier alpha value is -2.20. The van der Waals surface area contributed by atoms with Gasteiger partial charge in [0, 0.05) is 16.1 Å². The van der Waals surface area contributed by atoms with E-state index in [-0.39, 0.29) is 0 Å². The molecule has 0 saturated heterocycles.